The van der Waals surface area contributed by atoms with Crippen molar-refractivity contribution in [1.82, 2.24) is 14.9 Å². The molecule has 0 spiro atoms. The normalized spacial score (nSPS) is 13.1. The number of aromatic nitrogens is 3. The van der Waals surface area contributed by atoms with Gasteiger partial charge in [0, 0.05) is 11.1 Å². The summed E-state index contributed by atoms with van der Waals surface area (Å²) in [5.41, 5.74) is 1.99. The number of benzene rings is 2. The van der Waals surface area contributed by atoms with E-state index in [1.807, 2.05) is 48.5 Å². The molecule has 1 aliphatic heterocycles. The van der Waals surface area contributed by atoms with Crippen molar-refractivity contribution in [2.24, 2.45) is 5.10 Å². The highest BCUT2D eigenvalue weighted by Crippen LogP contribution is 2.37. The minimum atomic E-state index is 0.661. The van der Waals surface area contributed by atoms with Crippen LogP contribution >= 0.6 is 11.8 Å². The van der Waals surface area contributed by atoms with Gasteiger partial charge in [0.15, 0.2) is 5.82 Å². The van der Waals surface area contributed by atoms with Crippen LogP contribution in [0, 0.1) is 0 Å². The van der Waals surface area contributed by atoms with E-state index in [4.69, 9.17) is 4.74 Å². The number of hydrogen-bond donors (Lipinski definition) is 0. The predicted molar refractivity (Wildman–Crippen MR) is 96.2 cm³/mol. The highest BCUT2D eigenvalue weighted by molar-refractivity contribution is 8.08. The molecule has 118 valence electrons. The van der Waals surface area contributed by atoms with Crippen LogP contribution in [0.3, 0.4) is 0 Å². The van der Waals surface area contributed by atoms with Crippen molar-refractivity contribution in [3.63, 3.8) is 0 Å². The Hall–Kier alpha value is -2.86. The van der Waals surface area contributed by atoms with E-state index in [-0.39, 0.29) is 0 Å². The third kappa shape index (κ3) is 2.61. The number of methoxy groups -OCH3 is 1. The lowest BCUT2D eigenvalue weighted by Gasteiger charge is -2.07. The Labute approximate surface area is 143 Å². The molecular formula is C18H14N4OS. The fourth-order valence-corrected chi connectivity index (χ4v) is 3.37. The molecule has 0 aliphatic carbocycles. The van der Waals surface area contributed by atoms with Gasteiger partial charge in [-0.25, -0.2) is 0 Å². The Morgan fingerprint density at radius 3 is 2.58 bits per heavy atom. The Balaban J connectivity index is 1.75. The number of thioether (sulfide) groups is 1. The van der Waals surface area contributed by atoms with Crippen LogP contribution in [-0.4, -0.2) is 28.2 Å². The lowest BCUT2D eigenvalue weighted by molar-refractivity contribution is 0.416. The summed E-state index contributed by atoms with van der Waals surface area (Å²) in [6.07, 6.45) is 3.76. The summed E-state index contributed by atoms with van der Waals surface area (Å²) in [6.45, 7) is 0. The molecular weight excluding hydrogens is 320 g/mol. The molecule has 24 heavy (non-hydrogen) atoms. The Morgan fingerprint density at radius 1 is 0.958 bits per heavy atom. The lowest BCUT2D eigenvalue weighted by Crippen LogP contribution is -1.96. The highest BCUT2D eigenvalue weighted by atomic mass is 32.2. The van der Waals surface area contributed by atoms with Crippen LogP contribution in [0.2, 0.25) is 0 Å². The summed E-state index contributed by atoms with van der Waals surface area (Å²) in [6, 6.07) is 17.9. The molecule has 0 N–H and O–H groups in total. The molecule has 0 saturated heterocycles. The van der Waals surface area contributed by atoms with E-state index >= 15 is 0 Å². The van der Waals surface area contributed by atoms with Crippen molar-refractivity contribution in [1.29, 1.82) is 0 Å². The molecule has 0 fully saturated rings. The number of para-hydroxylation sites is 1. The first-order chi connectivity index (χ1) is 11.9. The van der Waals surface area contributed by atoms with E-state index in [0.717, 1.165) is 26.9 Å². The second-order valence-electron chi connectivity index (χ2n) is 5.08. The van der Waals surface area contributed by atoms with Crippen LogP contribution in [0.1, 0.15) is 5.56 Å². The molecule has 0 bridgehead atoms. The SMILES string of the molecule is COc1ccccc1-c1nnc2n1N=CC=C(c1ccccc1)S2. The molecule has 0 unspecified atom stereocenters. The van der Waals surface area contributed by atoms with Gasteiger partial charge in [0.05, 0.1) is 12.7 Å². The molecule has 1 aromatic heterocycles. The van der Waals surface area contributed by atoms with E-state index in [1.165, 1.54) is 0 Å². The van der Waals surface area contributed by atoms with Gasteiger partial charge in [-0.2, -0.15) is 9.78 Å². The number of nitrogens with zero attached hydrogens (tertiary/aromatic N) is 4. The minimum Gasteiger partial charge on any atom is -0.496 e. The van der Waals surface area contributed by atoms with Crippen LogP contribution in [0.15, 0.2) is 70.9 Å². The molecule has 0 amide bonds. The topological polar surface area (TPSA) is 52.3 Å². The van der Waals surface area contributed by atoms with E-state index in [0.29, 0.717) is 5.82 Å². The maximum absolute atomic E-state index is 5.43. The largest absolute Gasteiger partial charge is 0.496 e. The molecule has 0 atom stereocenters. The minimum absolute atomic E-state index is 0.661. The number of allylic oxidation sites excluding steroid dienone is 1. The van der Waals surface area contributed by atoms with Crippen molar-refractivity contribution in [3.8, 4) is 17.1 Å². The van der Waals surface area contributed by atoms with Crippen molar-refractivity contribution in [2.75, 3.05) is 7.11 Å². The third-order valence-corrected chi connectivity index (χ3v) is 4.66. The number of rotatable bonds is 3. The average molecular weight is 334 g/mol. The summed E-state index contributed by atoms with van der Waals surface area (Å²) in [5, 5.41) is 13.8. The maximum atomic E-state index is 5.43. The van der Waals surface area contributed by atoms with Gasteiger partial charge in [-0.05, 0) is 35.5 Å². The number of hydrogen-bond acceptors (Lipinski definition) is 5. The average Bonchev–Trinajstić information content (AvgIpc) is 2.91. The van der Waals surface area contributed by atoms with E-state index < -0.39 is 0 Å². The van der Waals surface area contributed by atoms with Gasteiger partial charge in [-0.1, -0.05) is 42.5 Å². The van der Waals surface area contributed by atoms with Crippen LogP contribution in [-0.2, 0) is 0 Å². The first kappa shape index (κ1) is 14.7. The molecule has 4 rings (SSSR count). The van der Waals surface area contributed by atoms with E-state index in [2.05, 4.69) is 27.4 Å². The van der Waals surface area contributed by atoms with Crippen molar-refractivity contribution in [3.05, 3.63) is 66.2 Å². The maximum Gasteiger partial charge on any atom is 0.217 e. The summed E-state index contributed by atoms with van der Waals surface area (Å²) in [5.74, 6) is 1.40. The highest BCUT2D eigenvalue weighted by Gasteiger charge is 2.19. The first-order valence-corrected chi connectivity index (χ1v) is 8.25. The second-order valence-corrected chi connectivity index (χ2v) is 6.09. The van der Waals surface area contributed by atoms with Gasteiger partial charge in [0.2, 0.25) is 5.16 Å². The zero-order valence-corrected chi connectivity index (χ0v) is 13.8. The number of fused-ring (bicyclic) bond motifs is 1. The van der Waals surface area contributed by atoms with Crippen LogP contribution < -0.4 is 4.74 Å². The zero-order valence-electron chi connectivity index (χ0n) is 13.0. The van der Waals surface area contributed by atoms with Gasteiger partial charge in [0.25, 0.3) is 0 Å². The standard InChI is InChI=1S/C18H14N4OS/c1-23-15-10-6-5-9-14(15)17-20-21-18-22(17)19-12-11-16(24-18)13-7-3-2-4-8-13/h2-12H,1H3. The fraction of sp³-hybridized carbons (Fsp3) is 0.0556. The third-order valence-electron chi connectivity index (χ3n) is 3.63. The van der Waals surface area contributed by atoms with Gasteiger partial charge in [0.1, 0.15) is 5.75 Å². The molecule has 2 aromatic carbocycles. The summed E-state index contributed by atoms with van der Waals surface area (Å²) in [4.78, 5) is 1.08. The quantitative estimate of drug-likeness (QED) is 0.728. The monoisotopic (exact) mass is 334 g/mol. The first-order valence-electron chi connectivity index (χ1n) is 7.43. The summed E-state index contributed by atoms with van der Waals surface area (Å²) < 4.78 is 7.17. The summed E-state index contributed by atoms with van der Waals surface area (Å²) >= 11 is 1.54. The molecule has 0 radical (unpaired) electrons. The number of ether oxygens (including phenoxy) is 1. The molecule has 0 saturated carbocycles. The Kier molecular flexibility index (Phi) is 3.88. The van der Waals surface area contributed by atoms with Gasteiger partial charge >= 0.3 is 0 Å². The second kappa shape index (κ2) is 6.33. The molecule has 2 heterocycles. The fourth-order valence-electron chi connectivity index (χ4n) is 2.49. The Morgan fingerprint density at radius 2 is 1.75 bits per heavy atom. The molecule has 1 aliphatic rings. The van der Waals surface area contributed by atoms with Crippen molar-refractivity contribution < 1.29 is 4.74 Å². The van der Waals surface area contributed by atoms with Crippen molar-refractivity contribution >= 4 is 22.9 Å². The van der Waals surface area contributed by atoms with E-state index in [9.17, 15) is 0 Å². The van der Waals surface area contributed by atoms with Crippen LogP contribution in [0.5, 0.6) is 5.75 Å². The van der Waals surface area contributed by atoms with E-state index in [1.54, 1.807) is 29.8 Å². The van der Waals surface area contributed by atoms with Crippen molar-refractivity contribution in [2.45, 2.75) is 5.16 Å². The smallest absolute Gasteiger partial charge is 0.217 e. The van der Waals surface area contributed by atoms with Gasteiger partial charge in [-0.15, -0.1) is 10.2 Å². The van der Waals surface area contributed by atoms with Crippen LogP contribution in [0.4, 0.5) is 0 Å². The molecule has 5 nitrogen and oxygen atoms in total. The summed E-state index contributed by atoms with van der Waals surface area (Å²) in [7, 11) is 1.64. The zero-order chi connectivity index (χ0) is 16.4. The lowest BCUT2D eigenvalue weighted by atomic mass is 10.2. The van der Waals surface area contributed by atoms with Gasteiger partial charge in [-0.3, -0.25) is 0 Å². The Bertz CT molecular complexity index is 931. The molecule has 6 heteroatoms. The van der Waals surface area contributed by atoms with Gasteiger partial charge < -0.3 is 4.74 Å². The molecule has 3 aromatic rings. The van der Waals surface area contributed by atoms with Crippen LogP contribution in [0.25, 0.3) is 16.3 Å². The predicted octanol–water partition coefficient (Wildman–Crippen LogP) is 3.93.